The Hall–Kier alpha value is -3.35. The number of nitrogens with one attached hydrogen (secondary N) is 2. The summed E-state index contributed by atoms with van der Waals surface area (Å²) < 4.78 is 5.51. The quantitative estimate of drug-likeness (QED) is 0.361. The van der Waals surface area contributed by atoms with Gasteiger partial charge in [-0.05, 0) is 95.4 Å². The molecule has 2 aromatic carbocycles. The van der Waals surface area contributed by atoms with Crippen molar-refractivity contribution < 1.29 is 19.1 Å². The van der Waals surface area contributed by atoms with Crippen LogP contribution in [0.4, 0.5) is 10.5 Å². The van der Waals surface area contributed by atoms with Crippen molar-refractivity contribution in [3.8, 4) is 0 Å². The molecular formula is C33H47N3O4. The van der Waals surface area contributed by atoms with Crippen LogP contribution in [0.25, 0.3) is 0 Å². The van der Waals surface area contributed by atoms with Crippen LogP contribution in [-0.4, -0.2) is 40.5 Å². The van der Waals surface area contributed by atoms with Gasteiger partial charge < -0.3 is 20.3 Å². The zero-order valence-corrected chi connectivity index (χ0v) is 25.8. The van der Waals surface area contributed by atoms with Gasteiger partial charge >= 0.3 is 6.09 Å². The predicted molar refractivity (Wildman–Crippen MR) is 160 cm³/mol. The number of para-hydroxylation sites is 1. The fraction of sp³-hybridized carbons (Fsp3) is 0.545. The highest BCUT2D eigenvalue weighted by atomic mass is 16.6. The maximum atomic E-state index is 14.5. The molecule has 0 saturated heterocycles. The summed E-state index contributed by atoms with van der Waals surface area (Å²) in [5, 5.41) is 6.00. The third-order valence-electron chi connectivity index (χ3n) is 7.36. The molecule has 218 valence electrons. The van der Waals surface area contributed by atoms with Gasteiger partial charge in [0.05, 0.1) is 0 Å². The monoisotopic (exact) mass is 549 g/mol. The highest BCUT2D eigenvalue weighted by Crippen LogP contribution is 2.42. The lowest BCUT2D eigenvalue weighted by atomic mass is 9.94. The SMILES string of the molecule is Cc1ccc(C)c(C(C(=O)Nc2c(C)cccc2C)N(C(=O)C(CC(C)C)NC(=O)OC(C)(C)C)C2CC2C)c1. The van der Waals surface area contributed by atoms with Crippen molar-refractivity contribution >= 4 is 23.6 Å². The molecule has 0 aromatic heterocycles. The minimum atomic E-state index is -0.864. The van der Waals surface area contributed by atoms with E-state index in [1.54, 1.807) is 25.7 Å². The first-order valence-electron chi connectivity index (χ1n) is 14.3. The molecule has 0 spiro atoms. The molecule has 2 N–H and O–H groups in total. The standard InChI is InChI=1S/C33H47N3O4/c1-19(2)16-26(34-32(39)40-33(8,9)10)31(38)36(27-18-24(27)7)29(25-17-20(3)14-15-21(25)4)30(37)35-28-22(5)12-11-13-23(28)6/h11-15,17,19,24,26-27,29H,16,18H2,1-10H3,(H,34,39)(H,35,37). The third kappa shape index (κ3) is 7.86. The van der Waals surface area contributed by atoms with Gasteiger partial charge in [0.15, 0.2) is 0 Å². The maximum Gasteiger partial charge on any atom is 0.408 e. The van der Waals surface area contributed by atoms with Gasteiger partial charge in [0.25, 0.3) is 5.91 Å². The fourth-order valence-corrected chi connectivity index (χ4v) is 5.17. The number of alkyl carbamates (subject to hydrolysis) is 1. The number of ether oxygens (including phenoxy) is 1. The highest BCUT2D eigenvalue weighted by Gasteiger charge is 2.48. The number of carbonyl (C=O) groups excluding carboxylic acids is 3. The average molecular weight is 550 g/mol. The minimum absolute atomic E-state index is 0.115. The van der Waals surface area contributed by atoms with Gasteiger partial charge in [-0.3, -0.25) is 9.59 Å². The first kappa shape index (κ1) is 31.2. The Morgan fingerprint density at radius 3 is 2.12 bits per heavy atom. The molecule has 4 atom stereocenters. The Bertz CT molecular complexity index is 1230. The zero-order valence-electron chi connectivity index (χ0n) is 25.8. The molecule has 0 heterocycles. The molecular weight excluding hydrogens is 502 g/mol. The van der Waals surface area contributed by atoms with E-state index in [2.05, 4.69) is 17.6 Å². The van der Waals surface area contributed by atoms with Crippen LogP contribution in [0.1, 0.15) is 88.2 Å². The Labute approximate surface area is 240 Å². The van der Waals surface area contributed by atoms with Crippen molar-refractivity contribution in [3.05, 3.63) is 64.2 Å². The van der Waals surface area contributed by atoms with Gasteiger partial charge in [-0.1, -0.05) is 62.7 Å². The number of anilines is 1. The number of amides is 3. The summed E-state index contributed by atoms with van der Waals surface area (Å²) in [5.41, 5.74) is 4.69. The van der Waals surface area contributed by atoms with Crippen molar-refractivity contribution in [3.63, 3.8) is 0 Å². The van der Waals surface area contributed by atoms with Crippen molar-refractivity contribution in [2.24, 2.45) is 11.8 Å². The molecule has 1 aliphatic rings. The number of benzene rings is 2. The fourth-order valence-electron chi connectivity index (χ4n) is 5.17. The first-order chi connectivity index (χ1) is 18.6. The molecule has 1 fully saturated rings. The Kier molecular flexibility index (Phi) is 9.70. The van der Waals surface area contributed by atoms with Crippen LogP contribution in [0.2, 0.25) is 0 Å². The Morgan fingerprint density at radius 2 is 1.60 bits per heavy atom. The summed E-state index contributed by atoms with van der Waals surface area (Å²) in [6.45, 7) is 19.4. The molecule has 1 saturated carbocycles. The van der Waals surface area contributed by atoms with E-state index in [1.165, 1.54) is 0 Å². The topological polar surface area (TPSA) is 87.7 Å². The van der Waals surface area contributed by atoms with Gasteiger partial charge in [-0.2, -0.15) is 0 Å². The summed E-state index contributed by atoms with van der Waals surface area (Å²) >= 11 is 0. The molecule has 1 aliphatic carbocycles. The van der Waals surface area contributed by atoms with Crippen molar-refractivity contribution in [1.82, 2.24) is 10.2 Å². The average Bonchev–Trinajstić information content (AvgIpc) is 3.54. The van der Waals surface area contributed by atoms with Gasteiger partial charge in [0, 0.05) is 11.7 Å². The third-order valence-corrected chi connectivity index (χ3v) is 7.36. The van der Waals surface area contributed by atoms with Gasteiger partial charge in [0.2, 0.25) is 5.91 Å². The molecule has 3 rings (SSSR count). The van der Waals surface area contributed by atoms with Gasteiger partial charge in [-0.15, -0.1) is 0 Å². The lowest BCUT2D eigenvalue weighted by Crippen LogP contribution is -2.54. The summed E-state index contributed by atoms with van der Waals surface area (Å²) in [4.78, 5) is 43.4. The summed E-state index contributed by atoms with van der Waals surface area (Å²) in [6.07, 6.45) is 0.580. The summed E-state index contributed by atoms with van der Waals surface area (Å²) in [5.74, 6) is -0.161. The zero-order chi connectivity index (χ0) is 29.9. The van der Waals surface area contributed by atoms with E-state index >= 15 is 0 Å². The lowest BCUT2D eigenvalue weighted by Gasteiger charge is -2.36. The van der Waals surface area contributed by atoms with Gasteiger partial charge in [0.1, 0.15) is 17.7 Å². The number of nitrogens with zero attached hydrogens (tertiary/aromatic N) is 1. The van der Waals surface area contributed by atoms with Crippen LogP contribution in [-0.2, 0) is 14.3 Å². The van der Waals surface area contributed by atoms with Crippen LogP contribution < -0.4 is 10.6 Å². The van der Waals surface area contributed by atoms with E-state index < -0.39 is 23.8 Å². The number of hydrogen-bond donors (Lipinski definition) is 2. The van der Waals surface area contributed by atoms with Crippen molar-refractivity contribution in [1.29, 1.82) is 0 Å². The number of hydrogen-bond acceptors (Lipinski definition) is 4. The molecule has 7 heteroatoms. The lowest BCUT2D eigenvalue weighted by molar-refractivity contribution is -0.142. The maximum absolute atomic E-state index is 14.5. The van der Waals surface area contributed by atoms with Gasteiger partial charge in [-0.25, -0.2) is 4.79 Å². The number of carbonyl (C=O) groups is 3. The Morgan fingerprint density at radius 1 is 1.00 bits per heavy atom. The first-order valence-corrected chi connectivity index (χ1v) is 14.3. The van der Waals surface area contributed by atoms with Crippen LogP contribution in [0.15, 0.2) is 36.4 Å². The molecule has 2 aromatic rings. The van der Waals surface area contributed by atoms with E-state index in [0.717, 1.165) is 39.9 Å². The number of aryl methyl sites for hydroxylation is 4. The summed E-state index contributed by atoms with van der Waals surface area (Å²) in [6, 6.07) is 10.1. The molecule has 40 heavy (non-hydrogen) atoms. The van der Waals surface area contributed by atoms with E-state index in [1.807, 2.05) is 77.9 Å². The smallest absolute Gasteiger partial charge is 0.408 e. The summed E-state index contributed by atoms with van der Waals surface area (Å²) in [7, 11) is 0. The normalized spacial score (nSPS) is 18.1. The Balaban J connectivity index is 2.10. The second-order valence-corrected chi connectivity index (χ2v) is 12.9. The minimum Gasteiger partial charge on any atom is -0.444 e. The second kappa shape index (κ2) is 12.4. The highest BCUT2D eigenvalue weighted by molar-refractivity contribution is 6.00. The molecule has 3 amide bonds. The largest absolute Gasteiger partial charge is 0.444 e. The van der Waals surface area contributed by atoms with Crippen LogP contribution in [0.3, 0.4) is 0 Å². The van der Waals surface area contributed by atoms with E-state index in [4.69, 9.17) is 4.74 Å². The van der Waals surface area contributed by atoms with E-state index in [-0.39, 0.29) is 29.7 Å². The number of rotatable bonds is 9. The molecule has 4 unspecified atom stereocenters. The van der Waals surface area contributed by atoms with E-state index in [0.29, 0.717) is 6.42 Å². The molecule has 0 aliphatic heterocycles. The molecule has 7 nitrogen and oxygen atoms in total. The van der Waals surface area contributed by atoms with Crippen molar-refractivity contribution in [2.45, 2.75) is 106 Å². The molecule has 0 bridgehead atoms. The predicted octanol–water partition coefficient (Wildman–Crippen LogP) is 6.78. The second-order valence-electron chi connectivity index (χ2n) is 12.9. The van der Waals surface area contributed by atoms with Crippen LogP contribution in [0.5, 0.6) is 0 Å². The molecule has 0 radical (unpaired) electrons. The van der Waals surface area contributed by atoms with Crippen LogP contribution in [0, 0.1) is 39.5 Å². The van der Waals surface area contributed by atoms with E-state index in [9.17, 15) is 14.4 Å². The van der Waals surface area contributed by atoms with Crippen molar-refractivity contribution in [2.75, 3.05) is 5.32 Å². The van der Waals surface area contributed by atoms with Crippen LogP contribution >= 0.6 is 0 Å².